The van der Waals surface area contributed by atoms with Crippen molar-refractivity contribution < 1.29 is 12.8 Å². The Balaban J connectivity index is 1.58. The third kappa shape index (κ3) is 3.45. The van der Waals surface area contributed by atoms with Gasteiger partial charge in [0.2, 0.25) is 0 Å². The highest BCUT2D eigenvalue weighted by atomic mass is 32.2. The van der Waals surface area contributed by atoms with Crippen molar-refractivity contribution in [3.8, 4) is 6.07 Å². The highest BCUT2D eigenvalue weighted by Gasteiger charge is 2.43. The first-order chi connectivity index (χ1) is 13.4. The second-order valence-electron chi connectivity index (χ2n) is 7.15. The fourth-order valence-corrected chi connectivity index (χ4v) is 6.09. The summed E-state index contributed by atoms with van der Waals surface area (Å²) in [5, 5.41) is 14.4. The Labute approximate surface area is 167 Å². The maximum Gasteiger partial charge on any atom is 0.266 e. The van der Waals surface area contributed by atoms with E-state index in [2.05, 4.69) is 19.9 Å². The van der Waals surface area contributed by atoms with Gasteiger partial charge < -0.3 is 5.32 Å². The third-order valence-corrected chi connectivity index (χ3v) is 7.73. The van der Waals surface area contributed by atoms with E-state index < -0.39 is 20.7 Å². The van der Waals surface area contributed by atoms with Crippen LogP contribution in [0.15, 0.2) is 28.6 Å². The van der Waals surface area contributed by atoms with Crippen LogP contribution in [-0.2, 0) is 10.0 Å². The first-order valence-electron chi connectivity index (χ1n) is 9.08. The van der Waals surface area contributed by atoms with Crippen LogP contribution in [0.4, 0.5) is 15.2 Å². The molecule has 1 aromatic heterocycles. The van der Waals surface area contributed by atoms with Crippen molar-refractivity contribution in [1.29, 1.82) is 5.26 Å². The minimum atomic E-state index is -4.17. The quantitative estimate of drug-likeness (QED) is 0.744. The summed E-state index contributed by atoms with van der Waals surface area (Å²) in [6, 6.07) is 4.15. The molecule has 0 aliphatic carbocycles. The number of hydrogen-bond donors (Lipinski definition) is 2. The summed E-state index contributed by atoms with van der Waals surface area (Å²) in [4.78, 5) is 5.74. The summed E-state index contributed by atoms with van der Waals surface area (Å²) in [5.74, 6) is -0.905. The Morgan fingerprint density at radius 2 is 2.07 bits per heavy atom. The molecule has 1 aromatic carbocycles. The number of rotatable bonds is 6. The van der Waals surface area contributed by atoms with E-state index in [0.717, 1.165) is 62.2 Å². The van der Waals surface area contributed by atoms with Crippen LogP contribution >= 0.6 is 11.3 Å². The van der Waals surface area contributed by atoms with Crippen LogP contribution in [0.5, 0.6) is 0 Å². The predicted molar refractivity (Wildman–Crippen MR) is 105 cm³/mol. The number of anilines is 2. The van der Waals surface area contributed by atoms with E-state index in [1.54, 1.807) is 5.38 Å². The largest absolute Gasteiger partial charge is 0.382 e. The van der Waals surface area contributed by atoms with Crippen LogP contribution in [0.1, 0.15) is 31.2 Å². The molecule has 7 nitrogen and oxygen atoms in total. The molecule has 0 atom stereocenters. The Bertz CT molecular complexity index is 1010. The lowest BCUT2D eigenvalue weighted by Crippen LogP contribution is -2.44. The average molecular weight is 422 g/mol. The maximum absolute atomic E-state index is 14.7. The Hall–Kier alpha value is -2.22. The zero-order chi connectivity index (χ0) is 19.8. The zero-order valence-corrected chi connectivity index (χ0v) is 16.7. The molecule has 0 bridgehead atoms. The number of nitrogens with one attached hydrogen (secondary N) is 2. The van der Waals surface area contributed by atoms with Gasteiger partial charge in [0.15, 0.2) is 5.13 Å². The molecule has 2 fully saturated rings. The van der Waals surface area contributed by atoms with E-state index in [4.69, 9.17) is 0 Å². The molecule has 2 saturated heterocycles. The second kappa shape index (κ2) is 7.31. The van der Waals surface area contributed by atoms with Crippen molar-refractivity contribution >= 4 is 32.2 Å². The minimum Gasteiger partial charge on any atom is -0.382 e. The number of nitrogens with zero attached hydrogens (tertiary/aromatic N) is 3. The number of nitriles is 1. The van der Waals surface area contributed by atoms with Gasteiger partial charge in [-0.25, -0.2) is 17.8 Å². The van der Waals surface area contributed by atoms with Crippen LogP contribution in [0.25, 0.3) is 0 Å². The fourth-order valence-electron chi connectivity index (χ4n) is 4.22. The summed E-state index contributed by atoms with van der Waals surface area (Å²) in [6.45, 7) is 2.76. The molecule has 0 amide bonds. The van der Waals surface area contributed by atoms with Gasteiger partial charge in [0.1, 0.15) is 16.8 Å². The van der Waals surface area contributed by atoms with Crippen molar-refractivity contribution in [3.05, 3.63) is 35.1 Å². The summed E-state index contributed by atoms with van der Waals surface area (Å²) >= 11 is 1.09. The number of thiazole rings is 1. The molecule has 2 aliphatic rings. The molecular formula is C18H20FN5O2S2. The lowest BCUT2D eigenvalue weighted by molar-refractivity contribution is 0.209. The molecule has 0 saturated carbocycles. The first-order valence-corrected chi connectivity index (χ1v) is 11.4. The monoisotopic (exact) mass is 421 g/mol. The van der Waals surface area contributed by atoms with Gasteiger partial charge in [0, 0.05) is 23.7 Å². The average Bonchev–Trinajstić information content (AvgIpc) is 3.36. The number of fused-ring (bicyclic) bond motifs is 1. The van der Waals surface area contributed by atoms with Crippen LogP contribution in [0.2, 0.25) is 0 Å². The van der Waals surface area contributed by atoms with Gasteiger partial charge in [-0.2, -0.15) is 5.26 Å². The maximum atomic E-state index is 14.7. The van der Waals surface area contributed by atoms with Crippen molar-refractivity contribution in [2.45, 2.75) is 36.1 Å². The normalized spacial score (nSPS) is 18.6. The SMILES string of the molecule is N#Cc1cc(S(=O)(=O)Nc2nccs2)c(F)cc1NCC12CCCN1CCC2. The van der Waals surface area contributed by atoms with Gasteiger partial charge in [-0.15, -0.1) is 11.3 Å². The van der Waals surface area contributed by atoms with Gasteiger partial charge >= 0.3 is 0 Å². The van der Waals surface area contributed by atoms with Crippen molar-refractivity contribution in [3.63, 3.8) is 0 Å². The molecular weight excluding hydrogens is 401 g/mol. The van der Waals surface area contributed by atoms with Gasteiger partial charge in [0.25, 0.3) is 10.0 Å². The third-order valence-electron chi connectivity index (χ3n) is 5.56. The number of sulfonamides is 1. The highest BCUT2D eigenvalue weighted by Crippen LogP contribution is 2.39. The van der Waals surface area contributed by atoms with Crippen molar-refractivity contribution in [1.82, 2.24) is 9.88 Å². The fraction of sp³-hybridized carbons (Fsp3) is 0.444. The van der Waals surface area contributed by atoms with E-state index in [1.807, 2.05) is 6.07 Å². The van der Waals surface area contributed by atoms with Gasteiger partial charge in [0.05, 0.1) is 11.3 Å². The van der Waals surface area contributed by atoms with E-state index in [-0.39, 0.29) is 16.2 Å². The predicted octanol–water partition coefficient (Wildman–Crippen LogP) is 2.99. The van der Waals surface area contributed by atoms with Crippen LogP contribution < -0.4 is 10.0 Å². The van der Waals surface area contributed by atoms with E-state index >= 15 is 0 Å². The van der Waals surface area contributed by atoms with Gasteiger partial charge in [-0.1, -0.05) is 0 Å². The summed E-state index contributed by atoms with van der Waals surface area (Å²) in [6.07, 6.45) is 5.88. The molecule has 4 rings (SSSR count). The standard InChI is InChI=1S/C18H20FN5O2S2/c19-14-10-15(22-12-18-3-1-6-24(18)7-2-4-18)13(11-20)9-16(14)28(25,26)23-17-21-5-8-27-17/h5,8-10,22H,1-4,6-7,12H2,(H,21,23). The summed E-state index contributed by atoms with van der Waals surface area (Å²) < 4.78 is 41.9. The first kappa shape index (κ1) is 19.1. The van der Waals surface area contributed by atoms with E-state index in [9.17, 15) is 18.1 Å². The number of aromatic nitrogens is 1. The molecule has 28 heavy (non-hydrogen) atoms. The number of hydrogen-bond acceptors (Lipinski definition) is 7. The minimum absolute atomic E-state index is 0.0559. The molecule has 2 aromatic rings. The number of halogens is 1. The molecule has 2 aliphatic heterocycles. The van der Waals surface area contributed by atoms with Crippen molar-refractivity contribution in [2.75, 3.05) is 29.7 Å². The van der Waals surface area contributed by atoms with Crippen molar-refractivity contribution in [2.24, 2.45) is 0 Å². The Morgan fingerprint density at radius 1 is 1.32 bits per heavy atom. The zero-order valence-electron chi connectivity index (χ0n) is 15.1. The summed E-state index contributed by atoms with van der Waals surface area (Å²) in [5.41, 5.74) is 0.474. The van der Waals surface area contributed by atoms with Crippen LogP contribution in [0.3, 0.4) is 0 Å². The van der Waals surface area contributed by atoms with Gasteiger partial charge in [-0.3, -0.25) is 9.62 Å². The molecule has 148 valence electrons. The molecule has 0 radical (unpaired) electrons. The molecule has 10 heteroatoms. The number of benzene rings is 1. The Morgan fingerprint density at radius 3 is 2.71 bits per heavy atom. The highest BCUT2D eigenvalue weighted by molar-refractivity contribution is 7.93. The second-order valence-corrected chi connectivity index (χ2v) is 9.70. The van der Waals surface area contributed by atoms with E-state index in [1.165, 1.54) is 6.20 Å². The lowest BCUT2D eigenvalue weighted by atomic mass is 9.94. The van der Waals surface area contributed by atoms with Crippen LogP contribution in [0, 0.1) is 17.1 Å². The lowest BCUT2D eigenvalue weighted by Gasteiger charge is -2.32. The summed E-state index contributed by atoms with van der Waals surface area (Å²) in [7, 11) is -4.17. The Kier molecular flexibility index (Phi) is 4.99. The topological polar surface area (TPSA) is 98.1 Å². The molecule has 2 N–H and O–H groups in total. The molecule has 0 spiro atoms. The molecule has 0 unspecified atom stereocenters. The molecule has 3 heterocycles. The van der Waals surface area contributed by atoms with E-state index in [0.29, 0.717) is 12.2 Å². The smallest absolute Gasteiger partial charge is 0.266 e. The van der Waals surface area contributed by atoms with Gasteiger partial charge in [-0.05, 0) is 50.9 Å². The van der Waals surface area contributed by atoms with Crippen LogP contribution in [-0.4, -0.2) is 43.5 Å².